The number of hydrogen-bond donors (Lipinski definition) is 0. The first-order valence-corrected chi connectivity index (χ1v) is 4.34. The van der Waals surface area contributed by atoms with Crippen LogP contribution in [-0.4, -0.2) is 0 Å². The predicted octanol–water partition coefficient (Wildman–Crippen LogP) is 2.36. The van der Waals surface area contributed by atoms with Crippen LogP contribution in [0.3, 0.4) is 0 Å². The number of rotatable bonds is 0. The van der Waals surface area contributed by atoms with Gasteiger partial charge in [0.15, 0.2) is 0 Å². The fourth-order valence-corrected chi connectivity index (χ4v) is 1.99. The third-order valence-corrected chi connectivity index (χ3v) is 2.57. The molecule has 0 bridgehead atoms. The van der Waals surface area contributed by atoms with Crippen molar-refractivity contribution in [2.24, 2.45) is 0 Å². The van der Waals surface area contributed by atoms with Gasteiger partial charge < -0.3 is 0 Å². The highest BCUT2D eigenvalue weighted by Gasteiger charge is 2.13. The molecule has 1 aliphatic carbocycles. The largest absolute Gasteiger partial charge is 0.192 e. The minimum Gasteiger partial charge on any atom is -0.192 e. The summed E-state index contributed by atoms with van der Waals surface area (Å²) in [5.41, 5.74) is 4.98. The van der Waals surface area contributed by atoms with E-state index in [1.807, 2.05) is 12.1 Å². The Hall–Kier alpha value is -1.29. The van der Waals surface area contributed by atoms with Gasteiger partial charge in [-0.1, -0.05) is 0 Å². The molecule has 60 valence electrons. The average molecular weight is 157 g/mol. The summed E-state index contributed by atoms with van der Waals surface area (Å²) in [5.74, 6) is 0. The van der Waals surface area contributed by atoms with Crippen LogP contribution < -0.4 is 0 Å². The summed E-state index contributed by atoms with van der Waals surface area (Å²) in [4.78, 5) is 0. The second-order valence-electron chi connectivity index (χ2n) is 3.40. The van der Waals surface area contributed by atoms with Gasteiger partial charge in [0.05, 0.1) is 11.6 Å². The van der Waals surface area contributed by atoms with E-state index in [9.17, 15) is 0 Å². The van der Waals surface area contributed by atoms with Gasteiger partial charge in [-0.25, -0.2) is 0 Å². The number of aryl methyl sites for hydroxylation is 2. The Labute approximate surface area is 72.6 Å². The molecule has 12 heavy (non-hydrogen) atoms. The fourth-order valence-electron chi connectivity index (χ4n) is 1.99. The van der Waals surface area contributed by atoms with Gasteiger partial charge in [-0.15, -0.1) is 0 Å². The van der Waals surface area contributed by atoms with Crippen molar-refractivity contribution in [2.45, 2.75) is 26.2 Å². The van der Waals surface area contributed by atoms with Crippen LogP contribution in [0.2, 0.25) is 0 Å². The molecule has 1 heteroatoms. The number of hydrogen-bond acceptors (Lipinski definition) is 1. The highest BCUT2D eigenvalue weighted by atomic mass is 14.2. The van der Waals surface area contributed by atoms with Gasteiger partial charge in [-0.3, -0.25) is 0 Å². The summed E-state index contributed by atoms with van der Waals surface area (Å²) in [6.07, 6.45) is 3.61. The third-order valence-electron chi connectivity index (χ3n) is 2.57. The van der Waals surface area contributed by atoms with Gasteiger partial charge in [0.1, 0.15) is 0 Å². The molecular formula is C11H11N. The van der Waals surface area contributed by atoms with E-state index < -0.39 is 0 Å². The van der Waals surface area contributed by atoms with Crippen LogP contribution in [0.25, 0.3) is 0 Å². The second-order valence-corrected chi connectivity index (χ2v) is 3.40. The molecule has 1 aromatic rings. The van der Waals surface area contributed by atoms with E-state index in [1.54, 1.807) is 0 Å². The summed E-state index contributed by atoms with van der Waals surface area (Å²) in [6.45, 7) is 2.10. The predicted molar refractivity (Wildman–Crippen MR) is 47.9 cm³/mol. The van der Waals surface area contributed by atoms with Crippen molar-refractivity contribution in [3.8, 4) is 6.07 Å². The molecule has 1 aromatic carbocycles. The molecule has 0 saturated heterocycles. The summed E-state index contributed by atoms with van der Waals surface area (Å²) in [5, 5.41) is 8.74. The van der Waals surface area contributed by atoms with Crippen LogP contribution in [0.15, 0.2) is 12.1 Å². The standard InChI is InChI=1S/C11H11N/c1-8-5-9(7-12)6-10-3-2-4-11(8)10/h5-6H,2-4H2,1H3. The third kappa shape index (κ3) is 1.00. The normalized spacial score (nSPS) is 14.0. The number of fused-ring (bicyclic) bond motifs is 1. The Morgan fingerprint density at radius 2 is 2.17 bits per heavy atom. The molecule has 1 nitrogen and oxygen atoms in total. The Kier molecular flexibility index (Phi) is 1.62. The number of nitriles is 1. The van der Waals surface area contributed by atoms with Crippen LogP contribution in [0.5, 0.6) is 0 Å². The second kappa shape index (κ2) is 2.64. The maximum atomic E-state index is 8.74. The summed E-state index contributed by atoms with van der Waals surface area (Å²) >= 11 is 0. The van der Waals surface area contributed by atoms with E-state index >= 15 is 0 Å². The highest BCUT2D eigenvalue weighted by molar-refractivity contribution is 5.45. The topological polar surface area (TPSA) is 23.8 Å². The molecular weight excluding hydrogens is 146 g/mol. The van der Waals surface area contributed by atoms with E-state index in [2.05, 4.69) is 13.0 Å². The van der Waals surface area contributed by atoms with Crippen LogP contribution >= 0.6 is 0 Å². The van der Waals surface area contributed by atoms with Crippen molar-refractivity contribution in [2.75, 3.05) is 0 Å². The Bertz CT molecular complexity index is 358. The molecule has 0 N–H and O–H groups in total. The molecule has 1 aliphatic rings. The molecule has 0 amide bonds. The molecule has 0 unspecified atom stereocenters. The van der Waals surface area contributed by atoms with Crippen LogP contribution in [-0.2, 0) is 12.8 Å². The molecule has 0 radical (unpaired) electrons. The monoisotopic (exact) mass is 157 g/mol. The van der Waals surface area contributed by atoms with Crippen LogP contribution in [0.1, 0.15) is 28.7 Å². The number of benzene rings is 1. The molecule has 0 aromatic heterocycles. The smallest absolute Gasteiger partial charge is 0.0991 e. The van der Waals surface area contributed by atoms with Gasteiger partial charge in [0, 0.05) is 0 Å². The average Bonchev–Trinajstić information content (AvgIpc) is 2.52. The lowest BCUT2D eigenvalue weighted by Crippen LogP contribution is -1.89. The molecule has 0 spiro atoms. The van der Waals surface area contributed by atoms with Crippen molar-refractivity contribution in [1.82, 2.24) is 0 Å². The molecule has 0 aliphatic heterocycles. The van der Waals surface area contributed by atoms with Crippen molar-refractivity contribution in [3.63, 3.8) is 0 Å². The van der Waals surface area contributed by atoms with Gasteiger partial charge in [-0.2, -0.15) is 5.26 Å². The first-order chi connectivity index (χ1) is 5.81. The quantitative estimate of drug-likeness (QED) is 0.567. The lowest BCUT2D eigenvalue weighted by Gasteiger charge is -2.03. The molecule has 0 saturated carbocycles. The lowest BCUT2D eigenvalue weighted by atomic mass is 10.0. The summed E-state index contributed by atoms with van der Waals surface area (Å²) in [6, 6.07) is 6.22. The number of nitrogens with zero attached hydrogens (tertiary/aromatic N) is 1. The zero-order valence-electron chi connectivity index (χ0n) is 7.22. The first kappa shape index (κ1) is 7.36. The van der Waals surface area contributed by atoms with E-state index in [1.165, 1.54) is 29.5 Å². The van der Waals surface area contributed by atoms with Gasteiger partial charge in [0.2, 0.25) is 0 Å². The molecule has 0 heterocycles. The van der Waals surface area contributed by atoms with Crippen molar-refractivity contribution in [3.05, 3.63) is 34.4 Å². The zero-order valence-corrected chi connectivity index (χ0v) is 7.22. The Morgan fingerprint density at radius 3 is 2.92 bits per heavy atom. The Morgan fingerprint density at radius 1 is 1.33 bits per heavy atom. The van der Waals surface area contributed by atoms with Crippen molar-refractivity contribution >= 4 is 0 Å². The van der Waals surface area contributed by atoms with Crippen LogP contribution in [0, 0.1) is 18.3 Å². The molecule has 2 rings (SSSR count). The maximum Gasteiger partial charge on any atom is 0.0991 e. The molecule has 0 fully saturated rings. The van der Waals surface area contributed by atoms with E-state index in [0.29, 0.717) is 0 Å². The molecule has 0 atom stereocenters. The highest BCUT2D eigenvalue weighted by Crippen LogP contribution is 2.26. The fraction of sp³-hybridized carbons (Fsp3) is 0.364. The van der Waals surface area contributed by atoms with Crippen molar-refractivity contribution < 1.29 is 0 Å². The van der Waals surface area contributed by atoms with E-state index in [4.69, 9.17) is 5.26 Å². The van der Waals surface area contributed by atoms with E-state index in [-0.39, 0.29) is 0 Å². The van der Waals surface area contributed by atoms with Gasteiger partial charge in [0.25, 0.3) is 0 Å². The van der Waals surface area contributed by atoms with Gasteiger partial charge in [-0.05, 0) is 55.0 Å². The van der Waals surface area contributed by atoms with E-state index in [0.717, 1.165) is 12.0 Å². The van der Waals surface area contributed by atoms with Gasteiger partial charge >= 0.3 is 0 Å². The minimum absolute atomic E-state index is 0.813. The van der Waals surface area contributed by atoms with Crippen molar-refractivity contribution in [1.29, 1.82) is 5.26 Å². The van der Waals surface area contributed by atoms with Crippen LogP contribution in [0.4, 0.5) is 0 Å². The minimum atomic E-state index is 0.813. The summed E-state index contributed by atoms with van der Waals surface area (Å²) in [7, 11) is 0. The maximum absolute atomic E-state index is 8.74. The Balaban J connectivity index is 2.60. The lowest BCUT2D eigenvalue weighted by molar-refractivity contribution is 0.909. The first-order valence-electron chi connectivity index (χ1n) is 4.34. The zero-order chi connectivity index (χ0) is 8.55. The SMILES string of the molecule is Cc1cc(C#N)cc2c1CCC2. The summed E-state index contributed by atoms with van der Waals surface area (Å²) < 4.78 is 0.